The summed E-state index contributed by atoms with van der Waals surface area (Å²) in [4.78, 5) is 0. The third-order valence-electron chi connectivity index (χ3n) is 11.1. The summed E-state index contributed by atoms with van der Waals surface area (Å²) in [5, 5.41) is 0. The molecule has 0 aromatic heterocycles. The molecule has 0 saturated heterocycles. The lowest BCUT2D eigenvalue weighted by Crippen LogP contribution is -2.63. The molecule has 0 saturated carbocycles. The minimum Gasteiger partial charge on any atom is -0.0676 e. The summed E-state index contributed by atoms with van der Waals surface area (Å²) in [5.74, 6) is 0. The standard InChI is InChI=1S/C24H42/c1-15-17(3)23(13)20(7,8)16(2)18(4)24(14,22(23,11)12)21(9,10)19(15,5)6/h1-14H3. The largest absolute Gasteiger partial charge is 0.0676 e. The molecule has 2 aliphatic carbocycles. The molecule has 0 fully saturated rings. The van der Waals surface area contributed by atoms with E-state index in [-0.39, 0.29) is 32.5 Å². The molecule has 2 aliphatic rings. The van der Waals surface area contributed by atoms with Gasteiger partial charge in [0.15, 0.2) is 0 Å². The zero-order chi connectivity index (χ0) is 19.3. The van der Waals surface area contributed by atoms with Crippen LogP contribution in [0.4, 0.5) is 0 Å². The zero-order valence-electron chi connectivity index (χ0n) is 19.0. The molecule has 0 nitrogen and oxygen atoms in total. The predicted octanol–water partition coefficient (Wildman–Crippen LogP) is 7.80. The molecular weight excluding hydrogens is 288 g/mol. The Hall–Kier alpha value is -0.520. The molecule has 2 rings (SSSR count). The first-order valence-electron chi connectivity index (χ1n) is 9.75. The van der Waals surface area contributed by atoms with Crippen molar-refractivity contribution in [1.82, 2.24) is 0 Å². The minimum absolute atomic E-state index is 0.132. The monoisotopic (exact) mass is 330 g/mol. The Morgan fingerprint density at radius 2 is 0.708 bits per heavy atom. The maximum absolute atomic E-state index is 2.56. The molecule has 2 atom stereocenters. The van der Waals surface area contributed by atoms with Crippen molar-refractivity contribution in [2.75, 3.05) is 0 Å². The first kappa shape index (κ1) is 19.8. The molecule has 2 unspecified atom stereocenters. The molecule has 0 amide bonds. The molecule has 0 heterocycles. The van der Waals surface area contributed by atoms with E-state index in [2.05, 4.69) is 96.9 Å². The quantitative estimate of drug-likeness (QED) is 0.397. The summed E-state index contributed by atoms with van der Waals surface area (Å²) in [6, 6.07) is 0. The van der Waals surface area contributed by atoms with Gasteiger partial charge in [0.25, 0.3) is 0 Å². The van der Waals surface area contributed by atoms with E-state index in [0.717, 1.165) is 0 Å². The van der Waals surface area contributed by atoms with E-state index in [1.54, 1.807) is 22.3 Å². The Balaban J connectivity index is 3.21. The highest BCUT2D eigenvalue weighted by molar-refractivity contribution is 5.47. The van der Waals surface area contributed by atoms with Gasteiger partial charge in [0.05, 0.1) is 0 Å². The summed E-state index contributed by atoms with van der Waals surface area (Å²) >= 11 is 0. The van der Waals surface area contributed by atoms with Crippen molar-refractivity contribution in [3.05, 3.63) is 22.3 Å². The van der Waals surface area contributed by atoms with E-state index in [0.29, 0.717) is 0 Å². The molecule has 0 aromatic carbocycles. The van der Waals surface area contributed by atoms with Gasteiger partial charge in [0.2, 0.25) is 0 Å². The second kappa shape index (κ2) is 4.60. The second-order valence-electron chi connectivity index (χ2n) is 11.2. The Morgan fingerprint density at radius 1 is 0.375 bits per heavy atom. The molecule has 0 spiro atoms. The summed E-state index contributed by atoms with van der Waals surface area (Å²) in [7, 11) is 0. The lowest BCUT2D eigenvalue weighted by Gasteiger charge is -2.70. The topological polar surface area (TPSA) is 0 Å². The van der Waals surface area contributed by atoms with Crippen LogP contribution in [0.5, 0.6) is 0 Å². The van der Waals surface area contributed by atoms with Crippen LogP contribution in [0.15, 0.2) is 22.3 Å². The third kappa shape index (κ3) is 1.54. The highest BCUT2D eigenvalue weighted by atomic mass is 14.7. The number of hydrogen-bond acceptors (Lipinski definition) is 0. The number of rotatable bonds is 0. The summed E-state index contributed by atoms with van der Waals surface area (Å²) in [6.45, 7) is 34.8. The van der Waals surface area contributed by atoms with Crippen LogP contribution in [0, 0.1) is 32.5 Å². The average Bonchev–Trinajstić information content (AvgIpc) is 2.48. The average molecular weight is 331 g/mol. The SMILES string of the molecule is CC1=C(C)C2(C)C(C)(C)C(C)=C(C)C(C)(C(C)(C)C1(C)C)C2(C)C. The van der Waals surface area contributed by atoms with E-state index < -0.39 is 0 Å². The molecule has 0 N–H and O–H groups in total. The van der Waals surface area contributed by atoms with Gasteiger partial charge in [-0.3, -0.25) is 0 Å². The summed E-state index contributed by atoms with van der Waals surface area (Å²) in [5.41, 5.74) is 7.34. The number of hydrogen-bond donors (Lipinski definition) is 0. The number of allylic oxidation sites excluding steroid dienone is 4. The van der Waals surface area contributed by atoms with Crippen LogP contribution >= 0.6 is 0 Å². The van der Waals surface area contributed by atoms with Crippen molar-refractivity contribution in [2.45, 2.75) is 96.9 Å². The second-order valence-corrected chi connectivity index (χ2v) is 11.2. The van der Waals surface area contributed by atoms with Gasteiger partial charge in [-0.05, 0) is 49.4 Å². The van der Waals surface area contributed by atoms with Crippen LogP contribution in [0.1, 0.15) is 96.9 Å². The Bertz CT molecular complexity index is 648. The number of fused-ring (bicyclic) bond motifs is 2. The predicted molar refractivity (Wildman–Crippen MR) is 108 cm³/mol. The van der Waals surface area contributed by atoms with E-state index in [1.807, 2.05) is 0 Å². The highest BCUT2D eigenvalue weighted by Crippen LogP contribution is 2.79. The maximum Gasteiger partial charge on any atom is 0.00314 e. The molecular formula is C24H42. The van der Waals surface area contributed by atoms with Gasteiger partial charge in [0, 0.05) is 10.8 Å². The van der Waals surface area contributed by atoms with Crippen molar-refractivity contribution in [3.63, 3.8) is 0 Å². The van der Waals surface area contributed by atoms with E-state index >= 15 is 0 Å². The molecule has 2 bridgehead atoms. The summed E-state index contributed by atoms with van der Waals surface area (Å²) < 4.78 is 0. The fourth-order valence-corrected chi connectivity index (χ4v) is 7.09. The van der Waals surface area contributed by atoms with Crippen molar-refractivity contribution in [1.29, 1.82) is 0 Å². The lowest BCUT2D eigenvalue weighted by atomic mass is 9.34. The first-order valence-corrected chi connectivity index (χ1v) is 9.75. The van der Waals surface area contributed by atoms with Crippen LogP contribution in [0.3, 0.4) is 0 Å². The van der Waals surface area contributed by atoms with Crippen molar-refractivity contribution in [3.8, 4) is 0 Å². The lowest BCUT2D eigenvalue weighted by molar-refractivity contribution is -0.143. The maximum atomic E-state index is 2.56. The molecule has 0 heteroatoms. The summed E-state index contributed by atoms with van der Waals surface area (Å²) in [6.07, 6.45) is 0. The molecule has 0 radical (unpaired) electrons. The highest BCUT2D eigenvalue weighted by Gasteiger charge is 2.71. The van der Waals surface area contributed by atoms with Crippen molar-refractivity contribution < 1.29 is 0 Å². The van der Waals surface area contributed by atoms with E-state index in [4.69, 9.17) is 0 Å². The Kier molecular flexibility index (Phi) is 3.80. The van der Waals surface area contributed by atoms with Gasteiger partial charge in [-0.1, -0.05) is 91.5 Å². The zero-order valence-corrected chi connectivity index (χ0v) is 19.0. The van der Waals surface area contributed by atoms with Crippen molar-refractivity contribution in [2.24, 2.45) is 32.5 Å². The van der Waals surface area contributed by atoms with Gasteiger partial charge < -0.3 is 0 Å². The Labute approximate surface area is 152 Å². The Morgan fingerprint density at radius 3 is 1.12 bits per heavy atom. The van der Waals surface area contributed by atoms with Crippen LogP contribution < -0.4 is 0 Å². The molecule has 138 valence electrons. The molecule has 0 aliphatic heterocycles. The van der Waals surface area contributed by atoms with Crippen LogP contribution in [-0.2, 0) is 0 Å². The van der Waals surface area contributed by atoms with E-state index in [1.165, 1.54) is 0 Å². The van der Waals surface area contributed by atoms with Crippen LogP contribution in [0.25, 0.3) is 0 Å². The van der Waals surface area contributed by atoms with Gasteiger partial charge in [-0.15, -0.1) is 0 Å². The van der Waals surface area contributed by atoms with E-state index in [9.17, 15) is 0 Å². The van der Waals surface area contributed by atoms with Gasteiger partial charge in [-0.2, -0.15) is 0 Å². The molecule has 0 aromatic rings. The van der Waals surface area contributed by atoms with Gasteiger partial charge >= 0.3 is 0 Å². The smallest absolute Gasteiger partial charge is 0.00314 e. The van der Waals surface area contributed by atoms with Crippen LogP contribution in [-0.4, -0.2) is 0 Å². The van der Waals surface area contributed by atoms with Gasteiger partial charge in [-0.25, -0.2) is 0 Å². The molecule has 24 heavy (non-hydrogen) atoms. The minimum atomic E-state index is 0.132. The normalized spacial score (nSPS) is 39.8. The third-order valence-corrected chi connectivity index (χ3v) is 11.1. The van der Waals surface area contributed by atoms with Gasteiger partial charge in [0.1, 0.15) is 0 Å². The fraction of sp³-hybridized carbons (Fsp3) is 0.833. The van der Waals surface area contributed by atoms with Crippen LogP contribution in [0.2, 0.25) is 0 Å². The first-order chi connectivity index (χ1) is 10.4. The van der Waals surface area contributed by atoms with Crippen molar-refractivity contribution >= 4 is 0 Å². The fourth-order valence-electron chi connectivity index (χ4n) is 7.09.